The van der Waals surface area contributed by atoms with E-state index in [9.17, 15) is 18.5 Å². The van der Waals surface area contributed by atoms with Gasteiger partial charge in [0.1, 0.15) is 11.4 Å². The van der Waals surface area contributed by atoms with Crippen LogP contribution < -0.4 is 10.1 Å². The summed E-state index contributed by atoms with van der Waals surface area (Å²) in [5.74, 6) is 0.670. The van der Waals surface area contributed by atoms with Crippen molar-refractivity contribution in [3.63, 3.8) is 0 Å². The van der Waals surface area contributed by atoms with Crippen molar-refractivity contribution in [1.82, 2.24) is 0 Å². The van der Waals surface area contributed by atoms with E-state index < -0.39 is 20.8 Å². The zero-order valence-electron chi connectivity index (χ0n) is 16.8. The van der Waals surface area contributed by atoms with E-state index in [0.717, 1.165) is 17.4 Å². The molecule has 0 spiro atoms. The van der Waals surface area contributed by atoms with Crippen molar-refractivity contribution in [2.24, 2.45) is 0 Å². The molecule has 0 aliphatic rings. The van der Waals surface area contributed by atoms with Gasteiger partial charge in [0.15, 0.2) is 9.84 Å². The Bertz CT molecular complexity index is 1170. The lowest BCUT2D eigenvalue weighted by atomic mass is 9.98. The summed E-state index contributed by atoms with van der Waals surface area (Å²) in [7, 11) is -1.84. The summed E-state index contributed by atoms with van der Waals surface area (Å²) in [4.78, 5) is 11.3. The minimum atomic E-state index is -3.41. The number of ether oxygens (including phenoxy) is 1. The molecule has 1 unspecified atom stereocenters. The minimum Gasteiger partial charge on any atom is -0.497 e. The van der Waals surface area contributed by atoms with Crippen molar-refractivity contribution in [1.29, 1.82) is 0 Å². The van der Waals surface area contributed by atoms with Crippen LogP contribution in [0.2, 0.25) is 0 Å². The van der Waals surface area contributed by atoms with E-state index in [1.165, 1.54) is 12.1 Å². The number of hydrogen-bond acceptors (Lipinski definition) is 6. The Morgan fingerprint density at radius 1 is 1.00 bits per heavy atom. The average molecular weight is 426 g/mol. The number of nitro groups is 1. The van der Waals surface area contributed by atoms with Crippen LogP contribution in [0.15, 0.2) is 71.6 Å². The van der Waals surface area contributed by atoms with Gasteiger partial charge in [-0.1, -0.05) is 30.3 Å². The first-order valence-electron chi connectivity index (χ1n) is 9.14. The lowest BCUT2D eigenvalue weighted by Crippen LogP contribution is -2.14. The Hall–Kier alpha value is -3.39. The number of rotatable bonds is 7. The molecule has 0 fully saturated rings. The topological polar surface area (TPSA) is 98.5 Å². The molecule has 3 aromatic rings. The van der Waals surface area contributed by atoms with E-state index in [1.807, 2.05) is 12.1 Å². The zero-order chi connectivity index (χ0) is 21.9. The van der Waals surface area contributed by atoms with Gasteiger partial charge in [0.2, 0.25) is 0 Å². The van der Waals surface area contributed by atoms with Gasteiger partial charge in [0.25, 0.3) is 5.69 Å². The first-order valence-corrected chi connectivity index (χ1v) is 11.0. The molecule has 3 rings (SSSR count). The van der Waals surface area contributed by atoms with E-state index in [2.05, 4.69) is 5.32 Å². The monoisotopic (exact) mass is 426 g/mol. The molecule has 0 heterocycles. The molecule has 7 nitrogen and oxygen atoms in total. The molecule has 0 amide bonds. The highest BCUT2D eigenvalue weighted by Crippen LogP contribution is 2.33. The molecule has 30 heavy (non-hydrogen) atoms. The summed E-state index contributed by atoms with van der Waals surface area (Å²) >= 11 is 0. The fourth-order valence-corrected chi connectivity index (χ4v) is 3.83. The Kier molecular flexibility index (Phi) is 6.07. The van der Waals surface area contributed by atoms with Crippen LogP contribution in [0, 0.1) is 17.0 Å². The van der Waals surface area contributed by atoms with E-state index in [-0.39, 0.29) is 10.6 Å². The number of nitrogens with zero attached hydrogens (tertiary/aromatic N) is 1. The Labute approximate surface area is 175 Å². The van der Waals surface area contributed by atoms with Crippen molar-refractivity contribution in [2.45, 2.75) is 17.9 Å². The fourth-order valence-electron chi connectivity index (χ4n) is 3.15. The molecule has 0 saturated carbocycles. The number of sulfone groups is 1. The largest absolute Gasteiger partial charge is 0.497 e. The van der Waals surface area contributed by atoms with Crippen LogP contribution in [0.5, 0.6) is 5.75 Å². The third-order valence-electron chi connectivity index (χ3n) is 4.72. The second kappa shape index (κ2) is 8.54. The molecule has 0 aliphatic heterocycles. The molecule has 1 N–H and O–H groups in total. The molecule has 0 radical (unpaired) electrons. The minimum absolute atomic E-state index is 0.0484. The predicted octanol–water partition coefficient (Wildman–Crippen LogP) is 4.52. The first kappa shape index (κ1) is 21.3. The molecule has 0 saturated heterocycles. The molecule has 0 aromatic heterocycles. The number of hydrogen-bond donors (Lipinski definition) is 1. The Balaban J connectivity index is 2.13. The number of nitrogens with one attached hydrogen (secondary N) is 1. The van der Waals surface area contributed by atoms with E-state index in [1.54, 1.807) is 56.5 Å². The van der Waals surface area contributed by atoms with E-state index in [0.29, 0.717) is 17.0 Å². The third kappa shape index (κ3) is 4.77. The summed E-state index contributed by atoms with van der Waals surface area (Å²) in [5, 5.41) is 14.8. The van der Waals surface area contributed by atoms with Crippen LogP contribution in [0.25, 0.3) is 0 Å². The molecular formula is C22H22N2O5S. The summed E-state index contributed by atoms with van der Waals surface area (Å²) in [6, 6.07) is 18.2. The molecule has 1 atom stereocenters. The smallest absolute Gasteiger partial charge is 0.292 e. The van der Waals surface area contributed by atoms with Gasteiger partial charge in [-0.15, -0.1) is 0 Å². The van der Waals surface area contributed by atoms with Gasteiger partial charge in [-0.25, -0.2) is 8.42 Å². The zero-order valence-corrected chi connectivity index (χ0v) is 17.6. The van der Waals surface area contributed by atoms with Gasteiger partial charge in [0.05, 0.1) is 23.0 Å². The number of anilines is 1. The van der Waals surface area contributed by atoms with Gasteiger partial charge in [-0.2, -0.15) is 0 Å². The van der Waals surface area contributed by atoms with Crippen LogP contribution in [0.1, 0.15) is 22.7 Å². The van der Waals surface area contributed by atoms with Crippen molar-refractivity contribution in [3.8, 4) is 5.75 Å². The summed E-state index contributed by atoms with van der Waals surface area (Å²) in [5.41, 5.74) is 2.53. The van der Waals surface area contributed by atoms with Crippen LogP contribution in [0.3, 0.4) is 0 Å². The number of aryl methyl sites for hydroxylation is 1. The molecule has 0 aliphatic carbocycles. The maximum absolute atomic E-state index is 12.0. The van der Waals surface area contributed by atoms with Crippen LogP contribution in [-0.2, 0) is 9.84 Å². The lowest BCUT2D eigenvalue weighted by Gasteiger charge is -2.22. The number of nitro benzene ring substituents is 1. The second-order valence-electron chi connectivity index (χ2n) is 6.97. The van der Waals surface area contributed by atoms with Crippen molar-refractivity contribution in [2.75, 3.05) is 18.7 Å². The molecule has 0 bridgehead atoms. The van der Waals surface area contributed by atoms with Crippen LogP contribution in [-0.4, -0.2) is 26.7 Å². The van der Waals surface area contributed by atoms with Gasteiger partial charge in [-0.3, -0.25) is 10.1 Å². The first-order chi connectivity index (χ1) is 14.2. The summed E-state index contributed by atoms with van der Waals surface area (Å²) in [6.07, 6.45) is 1.15. The predicted molar refractivity (Wildman–Crippen MR) is 116 cm³/mol. The van der Waals surface area contributed by atoms with Crippen molar-refractivity contribution < 1.29 is 18.1 Å². The fraction of sp³-hybridized carbons (Fsp3) is 0.182. The highest BCUT2D eigenvalue weighted by Gasteiger charge is 2.21. The number of benzene rings is 3. The normalized spacial score (nSPS) is 12.2. The third-order valence-corrected chi connectivity index (χ3v) is 5.83. The van der Waals surface area contributed by atoms with E-state index >= 15 is 0 Å². The summed E-state index contributed by atoms with van der Waals surface area (Å²) < 4.78 is 29.3. The molecular weight excluding hydrogens is 404 g/mol. The Morgan fingerprint density at radius 2 is 1.70 bits per heavy atom. The van der Waals surface area contributed by atoms with Gasteiger partial charge < -0.3 is 10.1 Å². The Morgan fingerprint density at radius 3 is 2.30 bits per heavy atom. The van der Waals surface area contributed by atoms with Crippen LogP contribution >= 0.6 is 0 Å². The van der Waals surface area contributed by atoms with Crippen molar-refractivity contribution in [3.05, 3.63) is 93.5 Å². The van der Waals surface area contributed by atoms with Gasteiger partial charge in [-0.05, 0) is 53.9 Å². The lowest BCUT2D eigenvalue weighted by molar-refractivity contribution is -0.384. The second-order valence-corrected chi connectivity index (χ2v) is 8.99. The highest BCUT2D eigenvalue weighted by atomic mass is 32.2. The van der Waals surface area contributed by atoms with Crippen LogP contribution in [0.4, 0.5) is 11.4 Å². The highest BCUT2D eigenvalue weighted by molar-refractivity contribution is 7.90. The van der Waals surface area contributed by atoms with Crippen molar-refractivity contribution >= 4 is 21.2 Å². The standard InChI is InChI=1S/C22H22N2O5S/c1-15-7-12-20(21(13-15)24(25)26)23-22(16-8-10-18(29-2)11-9-16)17-5-4-6-19(14-17)30(3,27)28/h4-14,22-23H,1-3H3. The van der Waals surface area contributed by atoms with E-state index in [4.69, 9.17) is 4.74 Å². The quantitative estimate of drug-likeness (QED) is 0.441. The maximum atomic E-state index is 12.0. The summed E-state index contributed by atoms with van der Waals surface area (Å²) in [6.45, 7) is 1.79. The molecule has 156 valence electrons. The number of methoxy groups -OCH3 is 1. The molecule has 8 heteroatoms. The average Bonchev–Trinajstić information content (AvgIpc) is 2.72. The SMILES string of the molecule is COc1ccc(C(Nc2ccc(C)cc2[N+](=O)[O-])c2cccc(S(C)(=O)=O)c2)cc1. The maximum Gasteiger partial charge on any atom is 0.292 e. The van der Waals surface area contributed by atoms with Gasteiger partial charge >= 0.3 is 0 Å². The van der Waals surface area contributed by atoms with Gasteiger partial charge in [0, 0.05) is 12.3 Å². The molecule has 3 aromatic carbocycles.